The molecule has 5 nitrogen and oxygen atoms in total. The normalized spacial score (nSPS) is 10.9. The molecule has 2 rings (SSSR count). The molecule has 0 bridgehead atoms. The van der Waals surface area contributed by atoms with Crippen LogP contribution in [-0.4, -0.2) is 25.6 Å². The Kier molecular flexibility index (Phi) is 3.36. The summed E-state index contributed by atoms with van der Waals surface area (Å²) in [6, 6.07) is 0. The van der Waals surface area contributed by atoms with Gasteiger partial charge in [0.2, 0.25) is 0 Å². The molecule has 0 radical (unpaired) electrons. The molecule has 0 amide bonds. The summed E-state index contributed by atoms with van der Waals surface area (Å²) >= 11 is 0. The van der Waals surface area contributed by atoms with E-state index in [1.807, 2.05) is 25.6 Å². The summed E-state index contributed by atoms with van der Waals surface area (Å²) in [5.41, 5.74) is 6.54. The number of aromatic nitrogens is 4. The second-order valence-electron chi connectivity index (χ2n) is 3.81. The van der Waals surface area contributed by atoms with Crippen molar-refractivity contribution < 1.29 is 0 Å². The molecule has 2 N–H and O–H groups in total. The van der Waals surface area contributed by atoms with Crippen molar-refractivity contribution in [2.75, 3.05) is 6.54 Å². The molecule has 2 aromatic heterocycles. The molecular formula is C11H17N5. The van der Waals surface area contributed by atoms with E-state index in [0.717, 1.165) is 31.0 Å². The first kappa shape index (κ1) is 10.9. The van der Waals surface area contributed by atoms with Gasteiger partial charge in [0.1, 0.15) is 5.82 Å². The third-order valence-electron chi connectivity index (χ3n) is 2.61. The van der Waals surface area contributed by atoms with Crippen molar-refractivity contribution in [2.45, 2.75) is 26.4 Å². The number of aryl methyl sites for hydroxylation is 3. The van der Waals surface area contributed by atoms with Crippen LogP contribution in [-0.2, 0) is 19.5 Å². The van der Waals surface area contributed by atoms with Crippen molar-refractivity contribution >= 4 is 0 Å². The Hall–Kier alpha value is -1.62. The fourth-order valence-electron chi connectivity index (χ4n) is 1.67. The first-order valence-electron chi connectivity index (χ1n) is 5.48. The topological polar surface area (TPSA) is 61.7 Å². The predicted molar refractivity (Wildman–Crippen MR) is 61.9 cm³/mol. The van der Waals surface area contributed by atoms with E-state index in [1.54, 1.807) is 0 Å². The van der Waals surface area contributed by atoms with Gasteiger partial charge in [0.15, 0.2) is 0 Å². The molecule has 0 saturated heterocycles. The summed E-state index contributed by atoms with van der Waals surface area (Å²) in [5.74, 6) is 1.04. The zero-order valence-electron chi connectivity index (χ0n) is 9.50. The van der Waals surface area contributed by atoms with E-state index in [-0.39, 0.29) is 0 Å². The zero-order chi connectivity index (χ0) is 11.4. The molecule has 5 heteroatoms. The zero-order valence-corrected chi connectivity index (χ0v) is 9.50. The second kappa shape index (κ2) is 4.94. The molecule has 16 heavy (non-hydrogen) atoms. The minimum atomic E-state index is 0.650. The minimum Gasteiger partial charge on any atom is -0.335 e. The van der Waals surface area contributed by atoms with Gasteiger partial charge in [-0.15, -0.1) is 0 Å². The second-order valence-corrected chi connectivity index (χ2v) is 3.81. The van der Waals surface area contributed by atoms with Gasteiger partial charge in [0.25, 0.3) is 0 Å². The van der Waals surface area contributed by atoms with Crippen molar-refractivity contribution in [3.05, 3.63) is 36.4 Å². The highest BCUT2D eigenvalue weighted by Gasteiger charge is 1.99. The highest BCUT2D eigenvalue weighted by Crippen LogP contribution is 2.00. The SMILES string of the molecule is Cc1nccn1CCn1cnc(CCN)c1. The van der Waals surface area contributed by atoms with E-state index in [1.165, 1.54) is 0 Å². The molecule has 2 aromatic rings. The maximum atomic E-state index is 5.48. The number of nitrogens with zero attached hydrogens (tertiary/aromatic N) is 4. The van der Waals surface area contributed by atoms with Gasteiger partial charge in [0, 0.05) is 38.1 Å². The Balaban J connectivity index is 1.92. The van der Waals surface area contributed by atoms with Gasteiger partial charge < -0.3 is 14.9 Å². The van der Waals surface area contributed by atoms with E-state index >= 15 is 0 Å². The Labute approximate surface area is 94.9 Å². The molecule has 86 valence electrons. The summed E-state index contributed by atoms with van der Waals surface area (Å²) in [7, 11) is 0. The summed E-state index contributed by atoms with van der Waals surface area (Å²) in [5, 5.41) is 0. The van der Waals surface area contributed by atoms with Gasteiger partial charge >= 0.3 is 0 Å². The molecule has 0 aromatic carbocycles. The van der Waals surface area contributed by atoms with E-state index < -0.39 is 0 Å². The van der Waals surface area contributed by atoms with Crippen molar-refractivity contribution in [3.63, 3.8) is 0 Å². The van der Waals surface area contributed by atoms with Crippen molar-refractivity contribution in [1.82, 2.24) is 19.1 Å². The first-order chi connectivity index (χ1) is 7.79. The minimum absolute atomic E-state index is 0.650. The lowest BCUT2D eigenvalue weighted by atomic mass is 10.3. The van der Waals surface area contributed by atoms with Crippen LogP contribution in [0, 0.1) is 6.92 Å². The van der Waals surface area contributed by atoms with Crippen LogP contribution in [0.25, 0.3) is 0 Å². The molecule has 0 fully saturated rings. The van der Waals surface area contributed by atoms with Gasteiger partial charge in [-0.05, 0) is 13.5 Å². The van der Waals surface area contributed by atoms with Gasteiger partial charge in [-0.3, -0.25) is 0 Å². The lowest BCUT2D eigenvalue weighted by molar-refractivity contribution is 0.567. The van der Waals surface area contributed by atoms with Gasteiger partial charge in [-0.2, -0.15) is 0 Å². The maximum Gasteiger partial charge on any atom is 0.105 e. The molecule has 0 aliphatic rings. The van der Waals surface area contributed by atoms with E-state index in [2.05, 4.69) is 25.3 Å². The Morgan fingerprint density at radius 1 is 1.31 bits per heavy atom. The van der Waals surface area contributed by atoms with Gasteiger partial charge in [-0.25, -0.2) is 9.97 Å². The summed E-state index contributed by atoms with van der Waals surface area (Å²) in [6.45, 7) is 4.49. The van der Waals surface area contributed by atoms with Crippen LogP contribution in [0.5, 0.6) is 0 Å². The predicted octanol–water partition coefficient (Wildman–Crippen LogP) is 0.589. The summed E-state index contributed by atoms with van der Waals surface area (Å²) in [6.07, 6.45) is 8.57. The number of hydrogen-bond donors (Lipinski definition) is 1. The number of rotatable bonds is 5. The molecule has 0 atom stereocenters. The largest absolute Gasteiger partial charge is 0.335 e. The molecule has 0 aliphatic heterocycles. The van der Waals surface area contributed by atoms with Crippen LogP contribution in [0.4, 0.5) is 0 Å². The lowest BCUT2D eigenvalue weighted by Gasteiger charge is -2.05. The van der Waals surface area contributed by atoms with E-state index in [9.17, 15) is 0 Å². The number of imidazole rings is 2. The molecule has 2 heterocycles. The molecular weight excluding hydrogens is 202 g/mol. The van der Waals surface area contributed by atoms with Gasteiger partial charge in [0.05, 0.1) is 12.0 Å². The number of hydrogen-bond acceptors (Lipinski definition) is 3. The lowest BCUT2D eigenvalue weighted by Crippen LogP contribution is -2.06. The van der Waals surface area contributed by atoms with E-state index in [4.69, 9.17) is 5.73 Å². The van der Waals surface area contributed by atoms with Crippen LogP contribution in [0.2, 0.25) is 0 Å². The third-order valence-corrected chi connectivity index (χ3v) is 2.61. The van der Waals surface area contributed by atoms with Crippen molar-refractivity contribution in [3.8, 4) is 0 Å². The van der Waals surface area contributed by atoms with Crippen LogP contribution in [0.3, 0.4) is 0 Å². The Morgan fingerprint density at radius 3 is 2.88 bits per heavy atom. The van der Waals surface area contributed by atoms with Crippen LogP contribution < -0.4 is 5.73 Å². The van der Waals surface area contributed by atoms with Crippen LogP contribution in [0.1, 0.15) is 11.5 Å². The molecule has 0 spiro atoms. The highest BCUT2D eigenvalue weighted by atomic mass is 15.1. The van der Waals surface area contributed by atoms with Gasteiger partial charge in [-0.1, -0.05) is 0 Å². The summed E-state index contributed by atoms with van der Waals surface area (Å²) < 4.78 is 4.22. The maximum absolute atomic E-state index is 5.48. The monoisotopic (exact) mass is 219 g/mol. The molecule has 0 saturated carbocycles. The Morgan fingerprint density at radius 2 is 2.19 bits per heavy atom. The van der Waals surface area contributed by atoms with Crippen LogP contribution >= 0.6 is 0 Å². The first-order valence-corrected chi connectivity index (χ1v) is 5.48. The smallest absolute Gasteiger partial charge is 0.105 e. The quantitative estimate of drug-likeness (QED) is 0.800. The average Bonchev–Trinajstić information content (AvgIpc) is 2.86. The van der Waals surface area contributed by atoms with E-state index in [0.29, 0.717) is 6.54 Å². The molecule has 0 aliphatic carbocycles. The number of nitrogens with two attached hydrogens (primary N) is 1. The average molecular weight is 219 g/mol. The Bertz CT molecular complexity index is 443. The fourth-order valence-corrected chi connectivity index (χ4v) is 1.67. The summed E-state index contributed by atoms with van der Waals surface area (Å²) in [4.78, 5) is 8.47. The molecule has 0 unspecified atom stereocenters. The third kappa shape index (κ3) is 2.49. The fraction of sp³-hybridized carbons (Fsp3) is 0.455. The van der Waals surface area contributed by atoms with Crippen molar-refractivity contribution in [2.24, 2.45) is 5.73 Å². The highest BCUT2D eigenvalue weighted by molar-refractivity contribution is 4.97. The van der Waals surface area contributed by atoms with Crippen molar-refractivity contribution in [1.29, 1.82) is 0 Å². The standard InChI is InChI=1S/C11H17N5/c1-10-13-4-5-16(10)7-6-15-8-11(2-3-12)14-9-15/h4-5,8-9H,2-3,6-7,12H2,1H3. The van der Waals surface area contributed by atoms with Crippen LogP contribution in [0.15, 0.2) is 24.9 Å².